The van der Waals surface area contributed by atoms with E-state index < -0.39 is 0 Å². The zero-order valence-corrected chi connectivity index (χ0v) is 10.3. The number of ether oxygens (including phenoxy) is 1. The van der Waals surface area contributed by atoms with Crippen LogP contribution in [0.1, 0.15) is 25.6 Å². The van der Waals surface area contributed by atoms with E-state index in [1.807, 2.05) is 18.5 Å². The third kappa shape index (κ3) is 2.16. The second-order valence-electron chi connectivity index (χ2n) is 3.16. The van der Waals surface area contributed by atoms with Crippen LogP contribution >= 0.6 is 15.9 Å². The van der Waals surface area contributed by atoms with Crippen LogP contribution in [-0.2, 0) is 11.3 Å². The molecule has 0 aromatic carbocycles. The first kappa shape index (κ1) is 11.7. The maximum atomic E-state index is 6.05. The minimum Gasteiger partial charge on any atom is -0.380 e. The molecule has 1 heterocycles. The minimum atomic E-state index is -0.156. The average molecular weight is 262 g/mol. The van der Waals surface area contributed by atoms with E-state index in [-0.39, 0.29) is 12.1 Å². The summed E-state index contributed by atoms with van der Waals surface area (Å²) in [6.45, 7) is 4.79. The van der Waals surface area contributed by atoms with E-state index in [0.717, 1.165) is 16.7 Å². The van der Waals surface area contributed by atoms with Crippen molar-refractivity contribution in [2.75, 3.05) is 7.11 Å². The molecule has 14 heavy (non-hydrogen) atoms. The van der Waals surface area contributed by atoms with E-state index in [4.69, 9.17) is 10.5 Å². The van der Waals surface area contributed by atoms with Crippen LogP contribution in [0.2, 0.25) is 0 Å². The van der Waals surface area contributed by atoms with Crippen LogP contribution in [0, 0.1) is 0 Å². The first-order valence-corrected chi connectivity index (χ1v) is 5.40. The molecule has 0 saturated heterocycles. The zero-order valence-electron chi connectivity index (χ0n) is 8.70. The van der Waals surface area contributed by atoms with Crippen molar-refractivity contribution in [2.24, 2.45) is 5.73 Å². The Labute approximate surface area is 92.5 Å². The number of hydrogen-bond donors (Lipinski definition) is 1. The smallest absolute Gasteiger partial charge is 0.0751 e. The summed E-state index contributed by atoms with van der Waals surface area (Å²) in [7, 11) is 1.66. The monoisotopic (exact) mass is 261 g/mol. The maximum Gasteiger partial charge on any atom is 0.0751 e. The van der Waals surface area contributed by atoms with Crippen molar-refractivity contribution in [3.05, 3.63) is 16.4 Å². The molecule has 0 bridgehead atoms. The lowest BCUT2D eigenvalue weighted by Gasteiger charge is -2.19. The SMILES string of the molecule is CCn1ncc(Br)c1C(N)C(C)OC. The Hall–Kier alpha value is -0.390. The van der Waals surface area contributed by atoms with Gasteiger partial charge in [0.2, 0.25) is 0 Å². The highest BCUT2D eigenvalue weighted by Crippen LogP contribution is 2.24. The van der Waals surface area contributed by atoms with Gasteiger partial charge in [0, 0.05) is 13.7 Å². The molecule has 0 spiro atoms. The fraction of sp³-hybridized carbons (Fsp3) is 0.667. The van der Waals surface area contributed by atoms with Crippen molar-refractivity contribution >= 4 is 15.9 Å². The van der Waals surface area contributed by atoms with E-state index in [0.29, 0.717) is 0 Å². The predicted molar refractivity (Wildman–Crippen MR) is 59.0 cm³/mol. The standard InChI is InChI=1S/C9H16BrN3O/c1-4-13-9(7(10)5-12-13)8(11)6(2)14-3/h5-6,8H,4,11H2,1-3H3. The first-order valence-electron chi connectivity index (χ1n) is 4.61. The van der Waals surface area contributed by atoms with Crippen LogP contribution in [0.3, 0.4) is 0 Å². The Morgan fingerprint density at radius 3 is 2.86 bits per heavy atom. The molecule has 4 nitrogen and oxygen atoms in total. The quantitative estimate of drug-likeness (QED) is 0.898. The highest BCUT2D eigenvalue weighted by Gasteiger charge is 2.21. The van der Waals surface area contributed by atoms with Crippen LogP contribution in [0.4, 0.5) is 0 Å². The van der Waals surface area contributed by atoms with Crippen LogP contribution in [0.15, 0.2) is 10.7 Å². The summed E-state index contributed by atoms with van der Waals surface area (Å²) in [5, 5.41) is 4.21. The topological polar surface area (TPSA) is 53.1 Å². The number of aromatic nitrogens is 2. The van der Waals surface area contributed by atoms with Gasteiger partial charge in [0.1, 0.15) is 0 Å². The summed E-state index contributed by atoms with van der Waals surface area (Å²) in [6.07, 6.45) is 1.74. The normalized spacial score (nSPS) is 15.5. The Morgan fingerprint density at radius 1 is 1.71 bits per heavy atom. The van der Waals surface area contributed by atoms with E-state index in [1.165, 1.54) is 0 Å². The van der Waals surface area contributed by atoms with Crippen LogP contribution in [0.25, 0.3) is 0 Å². The highest BCUT2D eigenvalue weighted by atomic mass is 79.9. The molecule has 2 N–H and O–H groups in total. The summed E-state index contributed by atoms with van der Waals surface area (Å²) >= 11 is 3.44. The predicted octanol–water partition coefficient (Wildman–Crippen LogP) is 1.70. The van der Waals surface area contributed by atoms with Crippen molar-refractivity contribution in [3.63, 3.8) is 0 Å². The van der Waals surface area contributed by atoms with Gasteiger partial charge in [-0.3, -0.25) is 4.68 Å². The van der Waals surface area contributed by atoms with Crippen molar-refractivity contribution in [1.29, 1.82) is 0 Å². The van der Waals surface area contributed by atoms with Gasteiger partial charge >= 0.3 is 0 Å². The van der Waals surface area contributed by atoms with Gasteiger partial charge < -0.3 is 10.5 Å². The van der Waals surface area contributed by atoms with Crippen molar-refractivity contribution in [2.45, 2.75) is 32.5 Å². The third-order valence-corrected chi connectivity index (χ3v) is 2.94. The summed E-state index contributed by atoms with van der Waals surface area (Å²) in [6, 6.07) is -0.156. The molecule has 5 heteroatoms. The van der Waals surface area contributed by atoms with Gasteiger partial charge in [0.15, 0.2) is 0 Å². The number of aryl methyl sites for hydroxylation is 1. The molecule has 0 saturated carbocycles. The molecule has 0 aliphatic carbocycles. The summed E-state index contributed by atoms with van der Waals surface area (Å²) < 4.78 is 8.02. The number of rotatable bonds is 4. The van der Waals surface area contributed by atoms with Crippen molar-refractivity contribution in [3.8, 4) is 0 Å². The van der Waals surface area contributed by atoms with Gasteiger partial charge in [-0.25, -0.2) is 0 Å². The molecular formula is C9H16BrN3O. The second kappa shape index (κ2) is 4.91. The molecule has 0 radical (unpaired) electrons. The Kier molecular flexibility index (Phi) is 4.10. The lowest BCUT2D eigenvalue weighted by Crippen LogP contribution is -2.28. The molecule has 2 atom stereocenters. The number of halogens is 1. The Bertz CT molecular complexity index is 300. The van der Waals surface area contributed by atoms with Gasteiger partial charge in [-0.05, 0) is 29.8 Å². The summed E-state index contributed by atoms with van der Waals surface area (Å²) in [4.78, 5) is 0. The van der Waals surface area contributed by atoms with Gasteiger partial charge in [-0.1, -0.05) is 0 Å². The average Bonchev–Trinajstić information content (AvgIpc) is 2.57. The van der Waals surface area contributed by atoms with Crippen LogP contribution in [0.5, 0.6) is 0 Å². The number of methoxy groups -OCH3 is 1. The zero-order chi connectivity index (χ0) is 10.7. The molecule has 1 aromatic heterocycles. The first-order chi connectivity index (χ1) is 6.61. The van der Waals surface area contributed by atoms with Crippen LogP contribution in [-0.4, -0.2) is 23.0 Å². The lowest BCUT2D eigenvalue weighted by atomic mass is 10.1. The van der Waals surface area contributed by atoms with Crippen molar-refractivity contribution < 1.29 is 4.74 Å². The molecule has 80 valence electrons. The highest BCUT2D eigenvalue weighted by molar-refractivity contribution is 9.10. The maximum absolute atomic E-state index is 6.05. The molecule has 1 rings (SSSR count). The lowest BCUT2D eigenvalue weighted by molar-refractivity contribution is 0.0928. The summed E-state index contributed by atoms with van der Waals surface area (Å²) in [5.41, 5.74) is 7.04. The molecule has 2 unspecified atom stereocenters. The molecule has 0 fully saturated rings. The molecule has 0 aliphatic rings. The van der Waals surface area contributed by atoms with Gasteiger partial charge in [0.25, 0.3) is 0 Å². The third-order valence-electron chi connectivity index (χ3n) is 2.33. The van der Waals surface area contributed by atoms with Gasteiger partial charge in [-0.2, -0.15) is 5.10 Å². The fourth-order valence-corrected chi connectivity index (χ4v) is 1.88. The van der Waals surface area contributed by atoms with Gasteiger partial charge in [-0.15, -0.1) is 0 Å². The molecule has 0 amide bonds. The Balaban J connectivity index is 2.97. The van der Waals surface area contributed by atoms with Crippen LogP contribution < -0.4 is 5.73 Å². The number of nitrogens with two attached hydrogens (primary N) is 1. The van der Waals surface area contributed by atoms with E-state index in [2.05, 4.69) is 21.0 Å². The molecular weight excluding hydrogens is 246 g/mol. The largest absolute Gasteiger partial charge is 0.380 e. The fourth-order valence-electron chi connectivity index (χ4n) is 1.32. The van der Waals surface area contributed by atoms with Gasteiger partial charge in [0.05, 0.1) is 28.5 Å². The number of hydrogen-bond acceptors (Lipinski definition) is 3. The Morgan fingerprint density at radius 2 is 2.36 bits per heavy atom. The second-order valence-corrected chi connectivity index (χ2v) is 4.01. The van der Waals surface area contributed by atoms with Crippen molar-refractivity contribution in [1.82, 2.24) is 9.78 Å². The summed E-state index contributed by atoms with van der Waals surface area (Å²) in [5.74, 6) is 0. The van der Waals surface area contributed by atoms with E-state index >= 15 is 0 Å². The van der Waals surface area contributed by atoms with E-state index in [9.17, 15) is 0 Å². The molecule has 0 aliphatic heterocycles. The minimum absolute atomic E-state index is 0.0201. The van der Waals surface area contributed by atoms with E-state index in [1.54, 1.807) is 13.3 Å². The molecule has 1 aromatic rings. The number of nitrogens with zero attached hydrogens (tertiary/aromatic N) is 2.